The number of rotatable bonds is 5. The molecule has 1 aliphatic rings. The Morgan fingerprint density at radius 3 is 2.77 bits per heavy atom. The second kappa shape index (κ2) is 8.53. The Bertz CT molecular complexity index is 822. The highest BCUT2D eigenvalue weighted by atomic mass is 35.5. The third-order valence-corrected chi connectivity index (χ3v) is 5.33. The number of carbonyl (C=O) groups is 2. The highest BCUT2D eigenvalue weighted by Crippen LogP contribution is 2.36. The number of fused-ring (bicyclic) bond motifs is 1. The minimum atomic E-state index is -0.503. The predicted octanol–water partition coefficient (Wildman–Crippen LogP) is 2.58. The van der Waals surface area contributed by atoms with E-state index in [1.807, 2.05) is 38.2 Å². The van der Waals surface area contributed by atoms with E-state index in [-0.39, 0.29) is 24.9 Å². The number of carbonyl (C=O) groups excluding carboxylic acids is 2. The minimum absolute atomic E-state index is 0. The van der Waals surface area contributed by atoms with Crippen LogP contribution in [0.5, 0.6) is 5.75 Å². The molecule has 1 aromatic heterocycles. The molecule has 1 aromatic carbocycles. The number of halogens is 1. The number of nitrogens with one attached hydrogen (secondary N) is 1. The van der Waals surface area contributed by atoms with Gasteiger partial charge in [-0.2, -0.15) is 0 Å². The van der Waals surface area contributed by atoms with E-state index in [2.05, 4.69) is 10.2 Å². The Kier molecular flexibility index (Phi) is 6.63. The van der Waals surface area contributed by atoms with Gasteiger partial charge in [0, 0.05) is 18.0 Å². The van der Waals surface area contributed by atoms with Crippen molar-refractivity contribution < 1.29 is 14.3 Å². The van der Waals surface area contributed by atoms with E-state index in [0.717, 1.165) is 35.5 Å². The Hall–Kier alpha value is -2.09. The van der Waals surface area contributed by atoms with Gasteiger partial charge in [-0.05, 0) is 37.6 Å². The zero-order chi connectivity index (χ0) is 18.0. The van der Waals surface area contributed by atoms with Crippen LogP contribution >= 0.6 is 23.7 Å². The molecule has 3 N–H and O–H groups in total. The fourth-order valence-corrected chi connectivity index (χ4v) is 4.25. The molecule has 0 unspecified atom stereocenters. The van der Waals surface area contributed by atoms with Gasteiger partial charge in [0.05, 0.1) is 5.56 Å². The maximum atomic E-state index is 12.3. The SMILES string of the molecule is Cc1ccccc1OCC(=O)Nc1sc2c(c1C(N)=O)CCN(C)C2.Cl. The topological polar surface area (TPSA) is 84.7 Å². The molecule has 8 heteroatoms. The van der Waals surface area contributed by atoms with Gasteiger partial charge in [0.1, 0.15) is 10.8 Å². The van der Waals surface area contributed by atoms with Crippen LogP contribution in [0.4, 0.5) is 5.00 Å². The normalized spacial score (nSPS) is 13.5. The molecule has 0 saturated heterocycles. The minimum Gasteiger partial charge on any atom is -0.483 e. The van der Waals surface area contributed by atoms with Crippen LogP contribution in [0.3, 0.4) is 0 Å². The van der Waals surface area contributed by atoms with Gasteiger partial charge in [0.15, 0.2) is 6.61 Å². The maximum absolute atomic E-state index is 12.3. The van der Waals surface area contributed by atoms with Crippen LogP contribution in [-0.4, -0.2) is 36.9 Å². The summed E-state index contributed by atoms with van der Waals surface area (Å²) in [7, 11) is 2.03. The standard InChI is InChI=1S/C18H21N3O3S.ClH/c1-11-5-3-4-6-13(11)24-10-15(22)20-18-16(17(19)23)12-7-8-21(2)9-14(12)25-18;/h3-6H,7-10H2,1-2H3,(H2,19,23)(H,20,22);1H. The molecular weight excluding hydrogens is 374 g/mol. The second-order valence-corrected chi connectivity index (χ2v) is 7.27. The van der Waals surface area contributed by atoms with Gasteiger partial charge in [0.2, 0.25) is 0 Å². The van der Waals surface area contributed by atoms with Crippen molar-refractivity contribution in [1.29, 1.82) is 0 Å². The van der Waals surface area contributed by atoms with E-state index in [9.17, 15) is 9.59 Å². The predicted molar refractivity (Wildman–Crippen MR) is 105 cm³/mol. The molecule has 0 bridgehead atoms. The lowest BCUT2D eigenvalue weighted by molar-refractivity contribution is -0.118. The van der Waals surface area contributed by atoms with Crippen LogP contribution in [-0.2, 0) is 17.8 Å². The fourth-order valence-electron chi connectivity index (χ4n) is 2.90. The number of primary amides is 1. The number of amides is 2. The lowest BCUT2D eigenvalue weighted by atomic mass is 10.0. The highest BCUT2D eigenvalue weighted by molar-refractivity contribution is 7.17. The highest BCUT2D eigenvalue weighted by Gasteiger charge is 2.26. The molecule has 140 valence electrons. The van der Waals surface area contributed by atoms with Gasteiger partial charge < -0.3 is 20.7 Å². The number of ether oxygens (including phenoxy) is 1. The maximum Gasteiger partial charge on any atom is 0.262 e. The van der Waals surface area contributed by atoms with Crippen molar-refractivity contribution in [2.75, 3.05) is 25.5 Å². The number of thiophene rings is 1. The monoisotopic (exact) mass is 395 g/mol. The van der Waals surface area contributed by atoms with E-state index in [1.54, 1.807) is 0 Å². The molecular formula is C18H22ClN3O3S. The average Bonchev–Trinajstić information content (AvgIpc) is 2.91. The molecule has 0 saturated carbocycles. The number of para-hydroxylation sites is 1. The van der Waals surface area contributed by atoms with Crippen molar-refractivity contribution in [2.45, 2.75) is 19.9 Å². The molecule has 0 atom stereocenters. The van der Waals surface area contributed by atoms with Gasteiger partial charge in [-0.3, -0.25) is 9.59 Å². The Morgan fingerprint density at radius 1 is 1.35 bits per heavy atom. The molecule has 2 heterocycles. The van der Waals surface area contributed by atoms with Crippen molar-refractivity contribution in [1.82, 2.24) is 4.90 Å². The number of hydrogen-bond acceptors (Lipinski definition) is 5. The van der Waals surface area contributed by atoms with Gasteiger partial charge in [-0.15, -0.1) is 23.7 Å². The van der Waals surface area contributed by atoms with Crippen molar-refractivity contribution in [3.8, 4) is 5.75 Å². The Labute approximate surface area is 162 Å². The zero-order valence-electron chi connectivity index (χ0n) is 14.7. The summed E-state index contributed by atoms with van der Waals surface area (Å²) < 4.78 is 5.56. The molecule has 6 nitrogen and oxygen atoms in total. The van der Waals surface area contributed by atoms with Crippen LogP contribution in [0.25, 0.3) is 0 Å². The summed E-state index contributed by atoms with van der Waals surface area (Å²) in [4.78, 5) is 27.4. The number of nitrogens with two attached hydrogens (primary N) is 1. The fraction of sp³-hybridized carbons (Fsp3) is 0.333. The number of hydrogen-bond donors (Lipinski definition) is 2. The number of likely N-dealkylation sites (N-methyl/N-ethyl adjacent to an activating group) is 1. The third kappa shape index (κ3) is 4.35. The zero-order valence-corrected chi connectivity index (χ0v) is 16.3. The Balaban J connectivity index is 0.00000243. The lowest BCUT2D eigenvalue weighted by Crippen LogP contribution is -2.27. The molecule has 3 rings (SSSR count). The molecule has 2 amide bonds. The third-order valence-electron chi connectivity index (χ3n) is 4.20. The van der Waals surface area contributed by atoms with Crippen LogP contribution in [0.1, 0.15) is 26.4 Å². The summed E-state index contributed by atoms with van der Waals surface area (Å²) in [5.74, 6) is -0.144. The van der Waals surface area contributed by atoms with Gasteiger partial charge in [-0.1, -0.05) is 18.2 Å². The number of aryl methyl sites for hydroxylation is 1. The quantitative estimate of drug-likeness (QED) is 0.814. The first-order valence-electron chi connectivity index (χ1n) is 8.07. The summed E-state index contributed by atoms with van der Waals surface area (Å²) in [6.45, 7) is 3.43. The molecule has 0 radical (unpaired) electrons. The van der Waals surface area contributed by atoms with Crippen molar-refractivity contribution >= 4 is 40.6 Å². The van der Waals surface area contributed by atoms with Gasteiger partial charge >= 0.3 is 0 Å². The van der Waals surface area contributed by atoms with Crippen LogP contribution in [0.2, 0.25) is 0 Å². The van der Waals surface area contributed by atoms with Crippen LogP contribution < -0.4 is 15.8 Å². The number of anilines is 1. The molecule has 0 fully saturated rings. The second-order valence-electron chi connectivity index (χ2n) is 6.16. The van der Waals surface area contributed by atoms with Gasteiger partial charge in [-0.25, -0.2) is 0 Å². The van der Waals surface area contributed by atoms with E-state index >= 15 is 0 Å². The summed E-state index contributed by atoms with van der Waals surface area (Å²) in [6.07, 6.45) is 0.760. The Morgan fingerprint density at radius 2 is 2.08 bits per heavy atom. The first-order valence-corrected chi connectivity index (χ1v) is 8.88. The van der Waals surface area contributed by atoms with Crippen LogP contribution in [0.15, 0.2) is 24.3 Å². The van der Waals surface area contributed by atoms with E-state index in [4.69, 9.17) is 10.5 Å². The largest absolute Gasteiger partial charge is 0.483 e. The molecule has 26 heavy (non-hydrogen) atoms. The summed E-state index contributed by atoms with van der Waals surface area (Å²) >= 11 is 1.42. The number of nitrogens with zero attached hydrogens (tertiary/aromatic N) is 1. The molecule has 0 spiro atoms. The first kappa shape index (κ1) is 20.2. The molecule has 1 aliphatic heterocycles. The summed E-state index contributed by atoms with van der Waals surface area (Å²) in [6, 6.07) is 7.50. The van der Waals surface area contributed by atoms with Crippen LogP contribution in [0, 0.1) is 6.92 Å². The van der Waals surface area contributed by atoms with E-state index in [1.165, 1.54) is 11.3 Å². The summed E-state index contributed by atoms with van der Waals surface area (Å²) in [5, 5.41) is 3.31. The lowest BCUT2D eigenvalue weighted by Gasteiger charge is -2.22. The van der Waals surface area contributed by atoms with Gasteiger partial charge in [0.25, 0.3) is 11.8 Å². The first-order chi connectivity index (χ1) is 12.0. The molecule has 0 aliphatic carbocycles. The molecule has 2 aromatic rings. The van der Waals surface area contributed by atoms with Crippen molar-refractivity contribution in [2.24, 2.45) is 5.73 Å². The van der Waals surface area contributed by atoms with Crippen molar-refractivity contribution in [3.63, 3.8) is 0 Å². The van der Waals surface area contributed by atoms with Crippen molar-refractivity contribution in [3.05, 3.63) is 45.8 Å². The van der Waals surface area contributed by atoms with E-state index < -0.39 is 5.91 Å². The average molecular weight is 396 g/mol. The van der Waals surface area contributed by atoms with E-state index in [0.29, 0.717) is 16.3 Å². The smallest absolute Gasteiger partial charge is 0.262 e. The summed E-state index contributed by atoms with van der Waals surface area (Å²) in [5.41, 5.74) is 7.92. The number of benzene rings is 1.